The third kappa shape index (κ3) is 2.48. The van der Waals surface area contributed by atoms with Crippen molar-refractivity contribution in [2.24, 2.45) is 0 Å². The van der Waals surface area contributed by atoms with Gasteiger partial charge < -0.3 is 9.84 Å². The van der Waals surface area contributed by atoms with Crippen LogP contribution in [-0.2, 0) is 17.8 Å². The van der Waals surface area contributed by atoms with Gasteiger partial charge in [0.2, 0.25) is 5.88 Å². The van der Waals surface area contributed by atoms with Gasteiger partial charge in [-0.25, -0.2) is 4.68 Å². The molecule has 0 saturated carbocycles. The summed E-state index contributed by atoms with van der Waals surface area (Å²) in [5, 5.41) is 12.7. The summed E-state index contributed by atoms with van der Waals surface area (Å²) >= 11 is 0. The van der Waals surface area contributed by atoms with Gasteiger partial charge in [-0.15, -0.1) is 0 Å². The lowest BCUT2D eigenvalue weighted by molar-refractivity contribution is -0.138. The summed E-state index contributed by atoms with van der Waals surface area (Å²) in [7, 11) is 1.51. The summed E-state index contributed by atoms with van der Waals surface area (Å²) in [4.78, 5) is 10.5. The topological polar surface area (TPSA) is 64.3 Å². The highest BCUT2D eigenvalue weighted by molar-refractivity contribution is 5.66. The van der Waals surface area contributed by atoms with Gasteiger partial charge in [-0.1, -0.05) is 13.3 Å². The second kappa shape index (κ2) is 4.64. The lowest BCUT2D eigenvalue weighted by Gasteiger charge is -2.01. The number of hydrogen-bond donors (Lipinski definition) is 1. The number of carboxylic acids is 1. The molecule has 5 heteroatoms. The monoisotopic (exact) mass is 198 g/mol. The molecule has 1 heterocycles. The third-order valence-electron chi connectivity index (χ3n) is 1.79. The average Bonchev–Trinajstić information content (AvgIpc) is 2.47. The van der Waals surface area contributed by atoms with E-state index in [0.29, 0.717) is 5.88 Å². The first-order valence-electron chi connectivity index (χ1n) is 4.50. The zero-order valence-corrected chi connectivity index (χ0v) is 8.36. The van der Waals surface area contributed by atoms with Gasteiger partial charge >= 0.3 is 5.97 Å². The lowest BCUT2D eigenvalue weighted by atomic mass is 10.3. The lowest BCUT2D eigenvalue weighted by Crippen LogP contribution is -2.11. The van der Waals surface area contributed by atoms with Crippen LogP contribution >= 0.6 is 0 Å². The van der Waals surface area contributed by atoms with E-state index < -0.39 is 5.97 Å². The number of aliphatic carboxylic acids is 1. The van der Waals surface area contributed by atoms with Crippen molar-refractivity contribution in [1.29, 1.82) is 0 Å². The van der Waals surface area contributed by atoms with E-state index >= 15 is 0 Å². The van der Waals surface area contributed by atoms with Crippen LogP contribution in [0.15, 0.2) is 6.07 Å². The molecule has 0 aliphatic carbocycles. The van der Waals surface area contributed by atoms with Crippen molar-refractivity contribution in [3.63, 3.8) is 0 Å². The molecule has 1 aromatic rings. The van der Waals surface area contributed by atoms with Crippen LogP contribution in [0.5, 0.6) is 5.88 Å². The highest BCUT2D eigenvalue weighted by atomic mass is 16.5. The second-order valence-electron chi connectivity index (χ2n) is 2.98. The minimum atomic E-state index is -0.922. The molecule has 1 aromatic heterocycles. The first-order chi connectivity index (χ1) is 6.67. The Bertz CT molecular complexity index is 320. The van der Waals surface area contributed by atoms with Crippen LogP contribution < -0.4 is 4.74 Å². The first-order valence-corrected chi connectivity index (χ1v) is 4.50. The molecule has 0 aliphatic heterocycles. The number of rotatable bonds is 5. The number of hydrogen-bond acceptors (Lipinski definition) is 3. The number of methoxy groups -OCH3 is 1. The number of carbonyl (C=O) groups is 1. The zero-order valence-electron chi connectivity index (χ0n) is 8.36. The molecular formula is C9H14N2O3. The van der Waals surface area contributed by atoms with E-state index in [1.807, 2.05) is 6.92 Å². The molecule has 0 fully saturated rings. The van der Waals surface area contributed by atoms with E-state index in [0.717, 1.165) is 18.5 Å². The molecule has 0 amide bonds. The van der Waals surface area contributed by atoms with Gasteiger partial charge in [0.05, 0.1) is 12.8 Å². The van der Waals surface area contributed by atoms with E-state index in [2.05, 4.69) is 5.10 Å². The molecule has 0 radical (unpaired) electrons. The zero-order chi connectivity index (χ0) is 10.6. The summed E-state index contributed by atoms with van der Waals surface area (Å²) in [6, 6.07) is 1.77. The molecular weight excluding hydrogens is 184 g/mol. The molecule has 0 aliphatic rings. The van der Waals surface area contributed by atoms with Crippen molar-refractivity contribution in [2.45, 2.75) is 26.3 Å². The highest BCUT2D eigenvalue weighted by Gasteiger charge is 2.09. The standard InChI is InChI=1S/C9H14N2O3/c1-3-4-7-5-8(14-2)11(10-7)6-9(12)13/h5H,3-4,6H2,1-2H3,(H,12,13). The number of ether oxygens (including phenoxy) is 1. The molecule has 1 rings (SSSR count). The Labute approximate surface area is 82.3 Å². The van der Waals surface area contributed by atoms with Crippen LogP contribution in [0, 0.1) is 0 Å². The third-order valence-corrected chi connectivity index (χ3v) is 1.79. The fourth-order valence-electron chi connectivity index (χ4n) is 1.23. The smallest absolute Gasteiger partial charge is 0.325 e. The van der Waals surface area contributed by atoms with Gasteiger partial charge in [-0.05, 0) is 6.42 Å². The fraction of sp³-hybridized carbons (Fsp3) is 0.556. The summed E-state index contributed by atoms with van der Waals surface area (Å²) in [5.41, 5.74) is 0.866. The molecule has 78 valence electrons. The molecule has 0 atom stereocenters. The van der Waals surface area contributed by atoms with Crippen LogP contribution in [0.4, 0.5) is 0 Å². The summed E-state index contributed by atoms with van der Waals surface area (Å²) < 4.78 is 6.36. The molecule has 1 N–H and O–H groups in total. The largest absolute Gasteiger partial charge is 0.481 e. The fourth-order valence-corrected chi connectivity index (χ4v) is 1.23. The number of aromatic nitrogens is 2. The van der Waals surface area contributed by atoms with Crippen LogP contribution in [0.1, 0.15) is 19.0 Å². The Morgan fingerprint density at radius 2 is 2.43 bits per heavy atom. The van der Waals surface area contributed by atoms with Crippen LogP contribution in [0.2, 0.25) is 0 Å². The van der Waals surface area contributed by atoms with Crippen molar-refractivity contribution < 1.29 is 14.6 Å². The second-order valence-corrected chi connectivity index (χ2v) is 2.98. The van der Waals surface area contributed by atoms with Crippen LogP contribution in [-0.4, -0.2) is 28.0 Å². The Morgan fingerprint density at radius 1 is 1.71 bits per heavy atom. The Kier molecular flexibility index (Phi) is 3.50. The van der Waals surface area contributed by atoms with E-state index in [4.69, 9.17) is 9.84 Å². The average molecular weight is 198 g/mol. The molecule has 0 saturated heterocycles. The number of aryl methyl sites for hydroxylation is 1. The van der Waals surface area contributed by atoms with Gasteiger partial charge in [-0.2, -0.15) is 5.10 Å². The van der Waals surface area contributed by atoms with Gasteiger partial charge in [-0.3, -0.25) is 4.79 Å². The molecule has 14 heavy (non-hydrogen) atoms. The van der Waals surface area contributed by atoms with Gasteiger partial charge in [0.15, 0.2) is 0 Å². The Morgan fingerprint density at radius 3 is 2.93 bits per heavy atom. The van der Waals surface area contributed by atoms with E-state index in [9.17, 15) is 4.79 Å². The molecule has 0 unspecified atom stereocenters. The first kappa shape index (κ1) is 10.6. The van der Waals surface area contributed by atoms with E-state index in [-0.39, 0.29) is 6.54 Å². The maximum Gasteiger partial charge on any atom is 0.325 e. The van der Waals surface area contributed by atoms with Gasteiger partial charge in [0.25, 0.3) is 0 Å². The molecule has 0 aromatic carbocycles. The van der Waals surface area contributed by atoms with Crippen molar-refractivity contribution in [3.05, 3.63) is 11.8 Å². The minimum absolute atomic E-state index is 0.160. The van der Waals surface area contributed by atoms with E-state index in [1.165, 1.54) is 11.8 Å². The highest BCUT2D eigenvalue weighted by Crippen LogP contribution is 2.13. The molecule has 0 bridgehead atoms. The molecule has 5 nitrogen and oxygen atoms in total. The van der Waals surface area contributed by atoms with Crippen molar-refractivity contribution in [3.8, 4) is 5.88 Å². The van der Waals surface area contributed by atoms with Crippen molar-refractivity contribution in [1.82, 2.24) is 9.78 Å². The Balaban J connectivity index is 2.84. The van der Waals surface area contributed by atoms with Crippen molar-refractivity contribution >= 4 is 5.97 Å². The maximum atomic E-state index is 10.5. The predicted molar refractivity (Wildman–Crippen MR) is 50.4 cm³/mol. The number of carboxylic acid groups (broad SMARTS) is 1. The quantitative estimate of drug-likeness (QED) is 0.764. The Hall–Kier alpha value is -1.52. The minimum Gasteiger partial charge on any atom is -0.481 e. The SMILES string of the molecule is CCCc1cc(OC)n(CC(=O)O)n1. The summed E-state index contributed by atoms with van der Waals surface area (Å²) in [5.74, 6) is -0.426. The number of nitrogens with zero attached hydrogens (tertiary/aromatic N) is 2. The normalized spacial score (nSPS) is 10.1. The van der Waals surface area contributed by atoms with E-state index in [1.54, 1.807) is 6.07 Å². The van der Waals surface area contributed by atoms with Gasteiger partial charge in [0.1, 0.15) is 6.54 Å². The molecule has 0 spiro atoms. The van der Waals surface area contributed by atoms with Crippen LogP contribution in [0.3, 0.4) is 0 Å². The maximum absolute atomic E-state index is 10.5. The van der Waals surface area contributed by atoms with Gasteiger partial charge in [0, 0.05) is 6.07 Å². The van der Waals surface area contributed by atoms with Crippen LogP contribution in [0.25, 0.3) is 0 Å². The summed E-state index contributed by atoms with van der Waals surface area (Å²) in [6.07, 6.45) is 1.82. The predicted octanol–water partition coefficient (Wildman–Crippen LogP) is 0.929. The van der Waals surface area contributed by atoms with Crippen molar-refractivity contribution in [2.75, 3.05) is 7.11 Å². The summed E-state index contributed by atoms with van der Waals surface area (Å²) in [6.45, 7) is 1.88.